The first-order chi connectivity index (χ1) is 11.2. The average Bonchev–Trinajstić information content (AvgIpc) is 3.21. The molecule has 0 N–H and O–H groups in total. The smallest absolute Gasteiger partial charge is 0.219 e. The van der Waals surface area contributed by atoms with Crippen molar-refractivity contribution in [1.29, 1.82) is 0 Å². The number of para-hydroxylation sites is 2. The van der Waals surface area contributed by atoms with Gasteiger partial charge in [0.25, 0.3) is 0 Å². The van der Waals surface area contributed by atoms with E-state index in [1.165, 1.54) is 0 Å². The summed E-state index contributed by atoms with van der Waals surface area (Å²) in [7, 11) is 0. The third kappa shape index (κ3) is 2.85. The maximum absolute atomic E-state index is 11.4. The molecule has 0 bridgehead atoms. The molecule has 122 valence electrons. The van der Waals surface area contributed by atoms with Gasteiger partial charge in [0.15, 0.2) is 11.5 Å². The summed E-state index contributed by atoms with van der Waals surface area (Å²) < 4.78 is 5.95. The van der Waals surface area contributed by atoms with E-state index in [1.807, 2.05) is 29.2 Å². The predicted octanol–water partition coefficient (Wildman–Crippen LogP) is 2.63. The van der Waals surface area contributed by atoms with Gasteiger partial charge < -0.3 is 9.32 Å². The summed E-state index contributed by atoms with van der Waals surface area (Å²) in [5.74, 6) is 1.48. The second-order valence-electron chi connectivity index (χ2n) is 6.74. The number of nitrogens with zero attached hydrogens (tertiary/aromatic N) is 3. The second kappa shape index (κ2) is 5.96. The Morgan fingerprint density at radius 2 is 1.96 bits per heavy atom. The Balaban J connectivity index is 1.40. The van der Waals surface area contributed by atoms with Crippen LogP contribution in [0.2, 0.25) is 0 Å². The van der Waals surface area contributed by atoms with Gasteiger partial charge in [-0.25, -0.2) is 4.98 Å². The van der Waals surface area contributed by atoms with Gasteiger partial charge in [0.05, 0.1) is 0 Å². The normalized spacial score (nSPS) is 23.7. The molecule has 2 aliphatic rings. The van der Waals surface area contributed by atoms with Crippen molar-refractivity contribution in [2.45, 2.75) is 38.1 Å². The molecule has 0 spiro atoms. The number of oxazole rings is 1. The van der Waals surface area contributed by atoms with Crippen LogP contribution in [-0.2, 0) is 4.79 Å². The number of hydrogen-bond donors (Lipinski definition) is 0. The Morgan fingerprint density at radius 1 is 1.17 bits per heavy atom. The standard InChI is InChI=1S/C18H23N3O2/c1-13(22)20-10-7-15(8-11-20)21-9-6-14(12-21)18-19-16-4-2-3-5-17(16)23-18/h2-5,14-15H,6-12H2,1H3. The number of hydrogen-bond acceptors (Lipinski definition) is 4. The minimum Gasteiger partial charge on any atom is -0.440 e. The summed E-state index contributed by atoms with van der Waals surface area (Å²) in [6.07, 6.45) is 3.28. The molecule has 2 aliphatic heterocycles. The van der Waals surface area contributed by atoms with Crippen LogP contribution in [0.15, 0.2) is 28.7 Å². The van der Waals surface area contributed by atoms with Gasteiger partial charge in [0, 0.05) is 38.5 Å². The number of amides is 1. The van der Waals surface area contributed by atoms with Crippen molar-refractivity contribution in [3.63, 3.8) is 0 Å². The zero-order chi connectivity index (χ0) is 15.8. The van der Waals surface area contributed by atoms with Crippen LogP contribution in [0.25, 0.3) is 11.1 Å². The van der Waals surface area contributed by atoms with Crippen LogP contribution < -0.4 is 0 Å². The molecular formula is C18H23N3O2. The average molecular weight is 313 g/mol. The fraction of sp³-hybridized carbons (Fsp3) is 0.556. The summed E-state index contributed by atoms with van der Waals surface area (Å²) in [6, 6.07) is 8.57. The van der Waals surface area contributed by atoms with Crippen molar-refractivity contribution in [3.05, 3.63) is 30.2 Å². The molecule has 1 amide bonds. The van der Waals surface area contributed by atoms with E-state index in [4.69, 9.17) is 4.42 Å². The zero-order valence-electron chi connectivity index (χ0n) is 13.6. The van der Waals surface area contributed by atoms with Gasteiger partial charge in [-0.1, -0.05) is 12.1 Å². The first-order valence-electron chi connectivity index (χ1n) is 8.56. The van der Waals surface area contributed by atoms with Crippen LogP contribution in [0, 0.1) is 0 Å². The first-order valence-corrected chi connectivity index (χ1v) is 8.56. The predicted molar refractivity (Wildman–Crippen MR) is 88.2 cm³/mol. The summed E-state index contributed by atoms with van der Waals surface area (Å²) in [5.41, 5.74) is 1.84. The molecule has 1 unspecified atom stereocenters. The number of carbonyl (C=O) groups excluding carboxylic acids is 1. The largest absolute Gasteiger partial charge is 0.440 e. The number of benzene rings is 1. The number of fused-ring (bicyclic) bond motifs is 1. The van der Waals surface area contributed by atoms with Crippen LogP contribution in [0.5, 0.6) is 0 Å². The SMILES string of the molecule is CC(=O)N1CCC(N2CCC(c3nc4ccccc4o3)C2)CC1. The Morgan fingerprint density at radius 3 is 2.70 bits per heavy atom. The molecule has 1 aromatic carbocycles. The second-order valence-corrected chi connectivity index (χ2v) is 6.74. The molecule has 1 atom stereocenters. The van der Waals surface area contributed by atoms with E-state index >= 15 is 0 Å². The van der Waals surface area contributed by atoms with Gasteiger partial charge in [-0.3, -0.25) is 9.69 Å². The van der Waals surface area contributed by atoms with Crippen LogP contribution in [0.4, 0.5) is 0 Å². The highest BCUT2D eigenvalue weighted by Gasteiger charge is 2.33. The van der Waals surface area contributed by atoms with E-state index in [-0.39, 0.29) is 5.91 Å². The maximum Gasteiger partial charge on any atom is 0.219 e. The third-order valence-corrected chi connectivity index (χ3v) is 5.31. The fourth-order valence-corrected chi connectivity index (χ4v) is 3.93. The quantitative estimate of drug-likeness (QED) is 0.855. The minimum absolute atomic E-state index is 0.203. The van der Waals surface area contributed by atoms with Gasteiger partial charge in [-0.05, 0) is 37.9 Å². The Hall–Kier alpha value is -1.88. The molecule has 5 nitrogen and oxygen atoms in total. The van der Waals surface area contributed by atoms with Crippen LogP contribution in [0.3, 0.4) is 0 Å². The van der Waals surface area contributed by atoms with Crippen LogP contribution >= 0.6 is 0 Å². The summed E-state index contributed by atoms with van der Waals surface area (Å²) in [4.78, 5) is 20.6. The summed E-state index contributed by atoms with van der Waals surface area (Å²) in [5, 5.41) is 0. The Labute approximate surface area is 136 Å². The number of likely N-dealkylation sites (tertiary alicyclic amines) is 2. The monoisotopic (exact) mass is 313 g/mol. The number of aromatic nitrogens is 1. The van der Waals surface area contributed by atoms with Gasteiger partial charge >= 0.3 is 0 Å². The molecule has 3 heterocycles. The highest BCUT2D eigenvalue weighted by atomic mass is 16.3. The molecule has 4 rings (SSSR count). The van der Waals surface area contributed by atoms with Crippen LogP contribution in [0.1, 0.15) is 38.0 Å². The minimum atomic E-state index is 0.203. The van der Waals surface area contributed by atoms with Crippen LogP contribution in [-0.4, -0.2) is 52.9 Å². The molecule has 5 heteroatoms. The molecule has 0 saturated carbocycles. The lowest BCUT2D eigenvalue weighted by molar-refractivity contribution is -0.130. The van der Waals surface area contributed by atoms with Gasteiger partial charge in [0.1, 0.15) is 5.52 Å². The Kier molecular flexibility index (Phi) is 3.81. The van der Waals surface area contributed by atoms with Crippen molar-refractivity contribution < 1.29 is 9.21 Å². The highest BCUT2D eigenvalue weighted by Crippen LogP contribution is 2.32. The van der Waals surface area contributed by atoms with Crippen molar-refractivity contribution in [1.82, 2.24) is 14.8 Å². The van der Waals surface area contributed by atoms with E-state index in [2.05, 4.69) is 9.88 Å². The zero-order valence-corrected chi connectivity index (χ0v) is 13.6. The van der Waals surface area contributed by atoms with Crippen molar-refractivity contribution in [2.75, 3.05) is 26.2 Å². The van der Waals surface area contributed by atoms with Gasteiger partial charge in [-0.15, -0.1) is 0 Å². The van der Waals surface area contributed by atoms with Crippen molar-refractivity contribution in [2.24, 2.45) is 0 Å². The lowest BCUT2D eigenvalue weighted by Crippen LogP contribution is -2.45. The lowest BCUT2D eigenvalue weighted by atomic mass is 10.0. The van der Waals surface area contributed by atoms with Gasteiger partial charge in [0.2, 0.25) is 5.91 Å². The lowest BCUT2D eigenvalue weighted by Gasteiger charge is -2.36. The topological polar surface area (TPSA) is 49.6 Å². The highest BCUT2D eigenvalue weighted by molar-refractivity contribution is 5.73. The van der Waals surface area contributed by atoms with Crippen molar-refractivity contribution >= 4 is 17.0 Å². The number of piperidine rings is 1. The fourth-order valence-electron chi connectivity index (χ4n) is 3.93. The van der Waals surface area contributed by atoms with E-state index in [0.717, 1.165) is 62.4 Å². The third-order valence-electron chi connectivity index (χ3n) is 5.31. The molecule has 2 fully saturated rings. The first kappa shape index (κ1) is 14.7. The van der Waals surface area contributed by atoms with E-state index < -0.39 is 0 Å². The molecular weight excluding hydrogens is 290 g/mol. The maximum atomic E-state index is 11.4. The molecule has 0 radical (unpaired) electrons. The van der Waals surface area contributed by atoms with Crippen molar-refractivity contribution in [3.8, 4) is 0 Å². The molecule has 1 aromatic heterocycles. The molecule has 2 saturated heterocycles. The van der Waals surface area contributed by atoms with Gasteiger partial charge in [-0.2, -0.15) is 0 Å². The molecule has 2 aromatic rings. The van der Waals surface area contributed by atoms with E-state index in [1.54, 1.807) is 6.92 Å². The summed E-state index contributed by atoms with van der Waals surface area (Å²) >= 11 is 0. The number of rotatable bonds is 2. The summed E-state index contributed by atoms with van der Waals surface area (Å²) in [6.45, 7) is 5.58. The molecule has 0 aliphatic carbocycles. The van der Waals surface area contributed by atoms with E-state index in [9.17, 15) is 4.79 Å². The number of carbonyl (C=O) groups is 1. The van der Waals surface area contributed by atoms with E-state index in [0.29, 0.717) is 12.0 Å². The Bertz CT molecular complexity index is 670. The molecule has 23 heavy (non-hydrogen) atoms.